The first-order chi connectivity index (χ1) is 8.24. The summed E-state index contributed by atoms with van der Waals surface area (Å²) in [7, 11) is 0. The lowest BCUT2D eigenvalue weighted by Crippen LogP contribution is -1.94. The van der Waals surface area contributed by atoms with Gasteiger partial charge in [-0.2, -0.15) is 0 Å². The molecule has 17 heavy (non-hydrogen) atoms. The fraction of sp³-hybridized carbons (Fsp3) is 0.438. The summed E-state index contributed by atoms with van der Waals surface area (Å²) < 4.78 is 0. The summed E-state index contributed by atoms with van der Waals surface area (Å²) in [5.41, 5.74) is 2.19. The van der Waals surface area contributed by atoms with Gasteiger partial charge in [-0.05, 0) is 30.6 Å². The Morgan fingerprint density at radius 1 is 1.12 bits per heavy atom. The molecule has 0 heterocycles. The van der Waals surface area contributed by atoms with Gasteiger partial charge in [-0.25, -0.2) is 0 Å². The van der Waals surface area contributed by atoms with Crippen molar-refractivity contribution in [2.45, 2.75) is 46.0 Å². The highest BCUT2D eigenvalue weighted by molar-refractivity contribution is 5.96. The predicted molar refractivity (Wildman–Crippen MR) is 73.9 cm³/mol. The number of benzene rings is 1. The quantitative estimate of drug-likeness (QED) is 0.493. The van der Waals surface area contributed by atoms with Gasteiger partial charge >= 0.3 is 0 Å². The van der Waals surface area contributed by atoms with Crippen molar-refractivity contribution in [3.05, 3.63) is 42.0 Å². The minimum absolute atomic E-state index is 0.252. The average Bonchev–Trinajstić information content (AvgIpc) is 2.36. The predicted octanol–water partition coefficient (Wildman–Crippen LogP) is 4.63. The van der Waals surface area contributed by atoms with Crippen LogP contribution in [0.1, 0.15) is 51.5 Å². The second-order valence-corrected chi connectivity index (χ2v) is 4.47. The molecule has 0 aromatic heterocycles. The summed E-state index contributed by atoms with van der Waals surface area (Å²) >= 11 is 0. The van der Waals surface area contributed by atoms with Crippen LogP contribution in [0.25, 0.3) is 5.57 Å². The molecule has 0 spiro atoms. The van der Waals surface area contributed by atoms with Crippen LogP contribution >= 0.6 is 0 Å². The molecular formula is C16H22O. The molecule has 0 saturated carbocycles. The summed E-state index contributed by atoms with van der Waals surface area (Å²) in [5.74, 6) is 0.252. The molecule has 0 fully saturated rings. The Hall–Kier alpha value is -1.37. The first-order valence-corrected chi connectivity index (χ1v) is 6.50. The standard InChI is InChI=1S/C16H22O/c1-3-4-5-9-12-16(17)13-14(2)15-10-7-6-8-11-15/h6-8,10-11,13H,3-5,9,12H2,1-2H3/b14-13+. The van der Waals surface area contributed by atoms with Crippen molar-refractivity contribution in [1.29, 1.82) is 0 Å². The van der Waals surface area contributed by atoms with Crippen molar-refractivity contribution in [2.24, 2.45) is 0 Å². The molecule has 0 aliphatic heterocycles. The number of hydrogen-bond donors (Lipinski definition) is 0. The minimum Gasteiger partial charge on any atom is -0.295 e. The van der Waals surface area contributed by atoms with Crippen molar-refractivity contribution >= 4 is 11.4 Å². The van der Waals surface area contributed by atoms with Crippen molar-refractivity contribution in [1.82, 2.24) is 0 Å². The second kappa shape index (κ2) is 7.83. The van der Waals surface area contributed by atoms with Gasteiger partial charge in [-0.15, -0.1) is 0 Å². The maximum atomic E-state index is 11.7. The number of hydrogen-bond acceptors (Lipinski definition) is 1. The number of ketones is 1. The van der Waals surface area contributed by atoms with Crippen LogP contribution in [0.15, 0.2) is 36.4 Å². The fourth-order valence-corrected chi connectivity index (χ4v) is 1.82. The van der Waals surface area contributed by atoms with Crippen molar-refractivity contribution in [3.8, 4) is 0 Å². The molecule has 1 rings (SSSR count). The van der Waals surface area contributed by atoms with Crippen molar-refractivity contribution < 1.29 is 4.79 Å². The van der Waals surface area contributed by atoms with Gasteiger partial charge < -0.3 is 0 Å². The van der Waals surface area contributed by atoms with E-state index < -0.39 is 0 Å². The van der Waals surface area contributed by atoms with Gasteiger partial charge in [0.25, 0.3) is 0 Å². The van der Waals surface area contributed by atoms with Crippen LogP contribution in [-0.4, -0.2) is 5.78 Å². The summed E-state index contributed by atoms with van der Waals surface area (Å²) in [5, 5.41) is 0. The van der Waals surface area contributed by atoms with E-state index in [1.54, 1.807) is 6.08 Å². The van der Waals surface area contributed by atoms with Gasteiger partial charge in [0.15, 0.2) is 5.78 Å². The number of rotatable bonds is 7. The molecule has 0 amide bonds. The van der Waals surface area contributed by atoms with E-state index >= 15 is 0 Å². The first-order valence-electron chi connectivity index (χ1n) is 6.50. The number of allylic oxidation sites excluding steroid dienone is 2. The lowest BCUT2D eigenvalue weighted by atomic mass is 10.0. The van der Waals surface area contributed by atoms with E-state index in [0.717, 1.165) is 17.6 Å². The van der Waals surface area contributed by atoms with Crippen molar-refractivity contribution in [2.75, 3.05) is 0 Å². The Kier molecular flexibility index (Phi) is 6.31. The average molecular weight is 230 g/mol. The molecule has 1 nitrogen and oxygen atoms in total. The van der Waals surface area contributed by atoms with Crippen LogP contribution in [0.5, 0.6) is 0 Å². The highest BCUT2D eigenvalue weighted by atomic mass is 16.1. The van der Waals surface area contributed by atoms with Crippen LogP contribution in [-0.2, 0) is 4.79 Å². The Morgan fingerprint density at radius 2 is 1.82 bits per heavy atom. The van der Waals surface area contributed by atoms with Crippen LogP contribution in [0.3, 0.4) is 0 Å². The molecule has 0 unspecified atom stereocenters. The fourth-order valence-electron chi connectivity index (χ4n) is 1.82. The third-order valence-corrected chi connectivity index (χ3v) is 2.88. The topological polar surface area (TPSA) is 17.1 Å². The third kappa shape index (κ3) is 5.48. The van der Waals surface area contributed by atoms with Crippen LogP contribution < -0.4 is 0 Å². The van der Waals surface area contributed by atoms with Crippen molar-refractivity contribution in [3.63, 3.8) is 0 Å². The van der Waals surface area contributed by atoms with Crippen LogP contribution in [0.2, 0.25) is 0 Å². The van der Waals surface area contributed by atoms with Gasteiger partial charge in [0.1, 0.15) is 0 Å². The molecule has 0 saturated heterocycles. The molecule has 0 aliphatic carbocycles. The lowest BCUT2D eigenvalue weighted by Gasteiger charge is -2.01. The third-order valence-electron chi connectivity index (χ3n) is 2.88. The highest BCUT2D eigenvalue weighted by Gasteiger charge is 2.00. The van der Waals surface area contributed by atoms with Crippen LogP contribution in [0, 0.1) is 0 Å². The molecule has 0 bridgehead atoms. The molecule has 1 heteroatoms. The zero-order valence-corrected chi connectivity index (χ0v) is 10.9. The van der Waals surface area contributed by atoms with E-state index in [1.807, 2.05) is 37.3 Å². The lowest BCUT2D eigenvalue weighted by molar-refractivity contribution is -0.114. The monoisotopic (exact) mass is 230 g/mol. The minimum atomic E-state index is 0.252. The molecule has 0 aliphatic rings. The molecule has 0 radical (unpaired) electrons. The van der Waals surface area contributed by atoms with Gasteiger partial charge in [0.2, 0.25) is 0 Å². The second-order valence-electron chi connectivity index (χ2n) is 4.47. The van der Waals surface area contributed by atoms with E-state index in [9.17, 15) is 4.79 Å². The molecule has 1 aromatic rings. The van der Waals surface area contributed by atoms with E-state index in [1.165, 1.54) is 19.3 Å². The Labute approximate surface area is 105 Å². The zero-order chi connectivity index (χ0) is 12.5. The molecule has 0 N–H and O–H groups in total. The van der Waals surface area contributed by atoms with Gasteiger partial charge in [0.05, 0.1) is 0 Å². The molecule has 1 aromatic carbocycles. The molecule has 0 atom stereocenters. The Balaban J connectivity index is 2.43. The summed E-state index contributed by atoms with van der Waals surface area (Å²) in [6.45, 7) is 4.18. The normalized spacial score (nSPS) is 11.5. The van der Waals surface area contributed by atoms with Crippen LogP contribution in [0.4, 0.5) is 0 Å². The van der Waals surface area contributed by atoms with E-state index in [2.05, 4.69) is 6.92 Å². The summed E-state index contributed by atoms with van der Waals surface area (Å²) in [6.07, 6.45) is 7.10. The number of carbonyl (C=O) groups is 1. The van der Waals surface area contributed by atoms with E-state index in [-0.39, 0.29) is 5.78 Å². The zero-order valence-electron chi connectivity index (χ0n) is 10.9. The molecule has 92 valence electrons. The number of unbranched alkanes of at least 4 members (excludes halogenated alkanes) is 3. The molecular weight excluding hydrogens is 208 g/mol. The Bertz CT molecular complexity index is 362. The van der Waals surface area contributed by atoms with Gasteiger partial charge in [-0.3, -0.25) is 4.79 Å². The van der Waals surface area contributed by atoms with Gasteiger partial charge in [0, 0.05) is 6.42 Å². The van der Waals surface area contributed by atoms with Gasteiger partial charge in [-0.1, -0.05) is 56.5 Å². The van der Waals surface area contributed by atoms with E-state index in [4.69, 9.17) is 0 Å². The first kappa shape index (κ1) is 13.7. The smallest absolute Gasteiger partial charge is 0.155 e. The maximum absolute atomic E-state index is 11.7. The maximum Gasteiger partial charge on any atom is 0.155 e. The summed E-state index contributed by atoms with van der Waals surface area (Å²) in [4.78, 5) is 11.7. The SMILES string of the molecule is CCCCCCC(=O)/C=C(\C)c1ccccc1. The summed E-state index contributed by atoms with van der Waals surface area (Å²) in [6, 6.07) is 10.1. The number of carbonyl (C=O) groups excluding carboxylic acids is 1. The largest absolute Gasteiger partial charge is 0.295 e. The van der Waals surface area contributed by atoms with E-state index in [0.29, 0.717) is 6.42 Å². The Morgan fingerprint density at radius 3 is 2.47 bits per heavy atom. The highest BCUT2D eigenvalue weighted by Crippen LogP contribution is 2.13.